The number of nitrogens with zero attached hydrogens (tertiary/aromatic N) is 2. The Morgan fingerprint density at radius 3 is 2.78 bits per heavy atom. The number of amides is 1. The summed E-state index contributed by atoms with van der Waals surface area (Å²) in [7, 11) is 1.88. The number of carbonyl (C=O) groups is 1. The average Bonchev–Trinajstić information content (AvgIpc) is 2.94. The van der Waals surface area contributed by atoms with Gasteiger partial charge in [-0.1, -0.05) is 6.42 Å². The van der Waals surface area contributed by atoms with Crippen molar-refractivity contribution in [3.05, 3.63) is 17.0 Å². The van der Waals surface area contributed by atoms with E-state index in [1.165, 1.54) is 0 Å². The fraction of sp³-hybridized carbons (Fsp3) is 0.692. The van der Waals surface area contributed by atoms with Gasteiger partial charge in [0.2, 0.25) is 0 Å². The van der Waals surface area contributed by atoms with E-state index in [0.717, 1.165) is 30.7 Å². The maximum Gasteiger partial charge on any atom is 0.257 e. The quantitative estimate of drug-likeness (QED) is 0.847. The van der Waals surface area contributed by atoms with E-state index in [4.69, 9.17) is 5.73 Å². The Bertz CT molecular complexity index is 421. The van der Waals surface area contributed by atoms with Crippen LogP contribution in [-0.4, -0.2) is 40.6 Å². The first kappa shape index (κ1) is 13.1. The fourth-order valence-electron chi connectivity index (χ4n) is 3.00. The lowest BCUT2D eigenvalue weighted by Crippen LogP contribution is -2.41. The minimum Gasteiger partial charge on any atom is -0.338 e. The Balaban J connectivity index is 2.19. The van der Waals surface area contributed by atoms with E-state index >= 15 is 0 Å². The van der Waals surface area contributed by atoms with E-state index in [1.807, 2.05) is 25.8 Å². The number of aromatic amines is 1. The van der Waals surface area contributed by atoms with Crippen LogP contribution in [0.25, 0.3) is 0 Å². The minimum absolute atomic E-state index is 0.0594. The number of hydrogen-bond acceptors (Lipinski definition) is 3. The third-order valence-electron chi connectivity index (χ3n) is 4.08. The van der Waals surface area contributed by atoms with Crippen molar-refractivity contribution in [2.75, 3.05) is 13.6 Å². The SMILES string of the molecule is Cc1n[nH]c(C)c1C(=O)N(C)C1CCCC1CN. The van der Waals surface area contributed by atoms with Gasteiger partial charge in [-0.05, 0) is 39.2 Å². The average molecular weight is 250 g/mol. The smallest absolute Gasteiger partial charge is 0.257 e. The van der Waals surface area contributed by atoms with Crippen LogP contribution in [0.4, 0.5) is 0 Å². The molecule has 2 atom stereocenters. The molecular weight excluding hydrogens is 228 g/mol. The molecule has 0 radical (unpaired) electrons. The molecule has 0 aliphatic heterocycles. The molecule has 1 aliphatic rings. The van der Waals surface area contributed by atoms with Crippen LogP contribution < -0.4 is 5.73 Å². The first-order valence-corrected chi connectivity index (χ1v) is 6.55. The van der Waals surface area contributed by atoms with Gasteiger partial charge in [-0.2, -0.15) is 5.10 Å². The molecule has 1 saturated carbocycles. The summed E-state index contributed by atoms with van der Waals surface area (Å²) in [6.45, 7) is 4.40. The van der Waals surface area contributed by atoms with Crippen molar-refractivity contribution in [1.29, 1.82) is 0 Å². The molecule has 0 spiro atoms. The van der Waals surface area contributed by atoms with E-state index in [1.54, 1.807) is 0 Å². The highest BCUT2D eigenvalue weighted by Crippen LogP contribution is 2.29. The van der Waals surface area contributed by atoms with Gasteiger partial charge in [-0.25, -0.2) is 0 Å². The van der Waals surface area contributed by atoms with Crippen LogP contribution in [0.2, 0.25) is 0 Å². The predicted molar refractivity (Wildman–Crippen MR) is 70.3 cm³/mol. The standard InChI is InChI=1S/C13H22N4O/c1-8-12(9(2)16-15-8)13(18)17(3)11-6-4-5-10(11)7-14/h10-11H,4-7,14H2,1-3H3,(H,15,16). The molecule has 1 amide bonds. The second-order valence-electron chi connectivity index (χ2n) is 5.22. The van der Waals surface area contributed by atoms with Crippen molar-refractivity contribution in [2.45, 2.75) is 39.2 Å². The molecule has 5 nitrogen and oxygen atoms in total. The summed E-state index contributed by atoms with van der Waals surface area (Å²) >= 11 is 0. The zero-order chi connectivity index (χ0) is 13.3. The number of rotatable bonds is 3. The molecule has 100 valence electrons. The van der Waals surface area contributed by atoms with Gasteiger partial charge in [0.15, 0.2) is 0 Å². The van der Waals surface area contributed by atoms with Gasteiger partial charge in [0, 0.05) is 18.8 Å². The predicted octanol–water partition coefficient (Wildman–Crippen LogP) is 1.23. The summed E-state index contributed by atoms with van der Waals surface area (Å²) in [6, 6.07) is 0.274. The van der Waals surface area contributed by atoms with Gasteiger partial charge in [0.25, 0.3) is 5.91 Å². The van der Waals surface area contributed by atoms with Gasteiger partial charge >= 0.3 is 0 Å². The van der Waals surface area contributed by atoms with Crippen LogP contribution in [-0.2, 0) is 0 Å². The number of H-pyrrole nitrogens is 1. The number of carbonyl (C=O) groups excluding carboxylic acids is 1. The number of nitrogens with two attached hydrogens (primary N) is 1. The lowest BCUT2D eigenvalue weighted by atomic mass is 10.0. The minimum atomic E-state index is 0.0594. The van der Waals surface area contributed by atoms with Crippen LogP contribution >= 0.6 is 0 Å². The molecule has 1 aromatic heterocycles. The molecule has 1 aliphatic carbocycles. The highest BCUT2D eigenvalue weighted by atomic mass is 16.2. The summed E-state index contributed by atoms with van der Waals surface area (Å²) in [5.74, 6) is 0.496. The fourth-order valence-corrected chi connectivity index (χ4v) is 3.00. The van der Waals surface area contributed by atoms with Crippen molar-refractivity contribution in [3.8, 4) is 0 Å². The molecule has 0 bridgehead atoms. The van der Waals surface area contributed by atoms with Crippen molar-refractivity contribution in [2.24, 2.45) is 11.7 Å². The first-order chi connectivity index (χ1) is 8.56. The van der Waals surface area contributed by atoms with Crippen molar-refractivity contribution < 1.29 is 4.79 Å². The molecule has 18 heavy (non-hydrogen) atoms. The second kappa shape index (κ2) is 5.10. The Morgan fingerprint density at radius 1 is 1.50 bits per heavy atom. The Kier molecular flexibility index (Phi) is 3.71. The molecule has 5 heteroatoms. The zero-order valence-corrected chi connectivity index (χ0v) is 11.4. The summed E-state index contributed by atoms with van der Waals surface area (Å²) in [5.41, 5.74) is 8.10. The van der Waals surface area contributed by atoms with Crippen LogP contribution in [0, 0.1) is 19.8 Å². The van der Waals surface area contributed by atoms with Gasteiger partial charge in [-0.3, -0.25) is 9.89 Å². The summed E-state index contributed by atoms with van der Waals surface area (Å²) in [5, 5.41) is 6.95. The number of hydrogen-bond donors (Lipinski definition) is 2. The van der Waals surface area contributed by atoms with E-state index in [-0.39, 0.29) is 11.9 Å². The van der Waals surface area contributed by atoms with Gasteiger partial charge in [-0.15, -0.1) is 0 Å². The molecule has 1 fully saturated rings. The molecule has 1 aromatic rings. The van der Waals surface area contributed by atoms with E-state index in [2.05, 4.69) is 10.2 Å². The normalized spacial score (nSPS) is 23.3. The molecule has 0 aromatic carbocycles. The van der Waals surface area contributed by atoms with Gasteiger partial charge in [0.1, 0.15) is 0 Å². The monoisotopic (exact) mass is 250 g/mol. The third-order valence-corrected chi connectivity index (χ3v) is 4.08. The Morgan fingerprint density at radius 2 is 2.22 bits per heavy atom. The zero-order valence-electron chi connectivity index (χ0n) is 11.4. The van der Waals surface area contributed by atoms with Crippen molar-refractivity contribution in [1.82, 2.24) is 15.1 Å². The lowest BCUT2D eigenvalue weighted by molar-refractivity contribution is 0.0698. The highest BCUT2D eigenvalue weighted by molar-refractivity contribution is 5.96. The van der Waals surface area contributed by atoms with Crippen LogP contribution in [0.1, 0.15) is 41.0 Å². The number of aromatic nitrogens is 2. The largest absolute Gasteiger partial charge is 0.338 e. The van der Waals surface area contributed by atoms with Crippen LogP contribution in [0.15, 0.2) is 0 Å². The topological polar surface area (TPSA) is 75.0 Å². The molecular formula is C13H22N4O. The first-order valence-electron chi connectivity index (χ1n) is 6.55. The Labute approximate surface area is 108 Å². The van der Waals surface area contributed by atoms with Gasteiger partial charge < -0.3 is 10.6 Å². The van der Waals surface area contributed by atoms with Gasteiger partial charge in [0.05, 0.1) is 11.3 Å². The molecule has 2 rings (SSSR count). The lowest BCUT2D eigenvalue weighted by Gasteiger charge is -2.29. The summed E-state index contributed by atoms with van der Waals surface area (Å²) in [4.78, 5) is 14.4. The molecule has 1 heterocycles. The van der Waals surface area contributed by atoms with E-state index in [9.17, 15) is 4.79 Å². The van der Waals surface area contributed by atoms with Crippen LogP contribution in [0.3, 0.4) is 0 Å². The number of nitrogens with one attached hydrogen (secondary N) is 1. The Hall–Kier alpha value is -1.36. The maximum absolute atomic E-state index is 12.5. The number of aryl methyl sites for hydroxylation is 2. The van der Waals surface area contributed by atoms with Crippen molar-refractivity contribution in [3.63, 3.8) is 0 Å². The summed E-state index contributed by atoms with van der Waals surface area (Å²) in [6.07, 6.45) is 3.34. The molecule has 0 saturated heterocycles. The maximum atomic E-state index is 12.5. The summed E-state index contributed by atoms with van der Waals surface area (Å²) < 4.78 is 0. The molecule has 2 unspecified atom stereocenters. The van der Waals surface area contributed by atoms with Crippen molar-refractivity contribution >= 4 is 5.91 Å². The van der Waals surface area contributed by atoms with E-state index < -0.39 is 0 Å². The second-order valence-corrected chi connectivity index (χ2v) is 5.22. The van der Waals surface area contributed by atoms with Crippen LogP contribution in [0.5, 0.6) is 0 Å². The van der Waals surface area contributed by atoms with E-state index in [0.29, 0.717) is 18.0 Å². The highest BCUT2D eigenvalue weighted by Gasteiger charge is 2.33. The third kappa shape index (κ3) is 2.14. The molecule has 3 N–H and O–H groups in total.